The van der Waals surface area contributed by atoms with Crippen LogP contribution in [-0.2, 0) is 9.05 Å². The highest BCUT2D eigenvalue weighted by molar-refractivity contribution is 9.10. The molecule has 1 aromatic carbocycles. The van der Waals surface area contributed by atoms with Crippen LogP contribution in [0.15, 0.2) is 27.6 Å². The number of hydrogen-bond donors (Lipinski definition) is 0. The Morgan fingerprint density at radius 2 is 2.00 bits per heavy atom. The first-order valence-electron chi connectivity index (χ1n) is 6.18. The summed E-state index contributed by atoms with van der Waals surface area (Å²) in [4.78, 5) is 14.3. The van der Waals surface area contributed by atoms with Gasteiger partial charge in [0.2, 0.25) is 0 Å². The fourth-order valence-electron chi connectivity index (χ4n) is 2.47. The molecular formula is C13H15BrClNO3S. The van der Waals surface area contributed by atoms with Crippen molar-refractivity contribution >= 4 is 41.6 Å². The van der Waals surface area contributed by atoms with Crippen molar-refractivity contribution in [1.82, 2.24) is 4.90 Å². The van der Waals surface area contributed by atoms with E-state index < -0.39 is 9.05 Å². The highest BCUT2D eigenvalue weighted by Crippen LogP contribution is 2.31. The molecule has 1 aromatic rings. The topological polar surface area (TPSA) is 54.5 Å². The van der Waals surface area contributed by atoms with E-state index in [0.29, 0.717) is 16.6 Å². The van der Waals surface area contributed by atoms with Crippen LogP contribution in [0.1, 0.15) is 37.0 Å². The summed E-state index contributed by atoms with van der Waals surface area (Å²) in [6.45, 7) is 4.70. The number of nitrogens with zero attached hydrogens (tertiary/aromatic N) is 1. The Balaban J connectivity index is 2.43. The molecule has 110 valence electrons. The minimum absolute atomic E-state index is 0.0751. The lowest BCUT2D eigenvalue weighted by Gasteiger charge is -2.31. The summed E-state index contributed by atoms with van der Waals surface area (Å²) >= 11 is 3.22. The number of hydrogen-bond acceptors (Lipinski definition) is 3. The number of carbonyl (C=O) groups excluding carboxylic acids is 1. The number of benzene rings is 1. The predicted molar refractivity (Wildman–Crippen MR) is 81.5 cm³/mol. The van der Waals surface area contributed by atoms with Gasteiger partial charge >= 0.3 is 0 Å². The first-order chi connectivity index (χ1) is 9.11. The molecule has 1 fully saturated rings. The molecule has 4 nitrogen and oxygen atoms in total. The summed E-state index contributed by atoms with van der Waals surface area (Å²) in [5.74, 6) is -0.171. The van der Waals surface area contributed by atoms with Crippen LogP contribution in [0.3, 0.4) is 0 Å². The standard InChI is InChI=1S/C13H15BrClNO3S/c1-13(2)4-3-5-16(13)12(17)9-6-10(14)8-11(7-9)20(15,18)19/h6-8H,3-5H2,1-2H3. The van der Waals surface area contributed by atoms with Crippen LogP contribution in [0, 0.1) is 0 Å². The molecule has 2 rings (SSSR count). The molecule has 1 aliphatic rings. The van der Waals surface area contributed by atoms with E-state index in [0.717, 1.165) is 12.8 Å². The van der Waals surface area contributed by atoms with Crippen molar-refractivity contribution in [3.8, 4) is 0 Å². The van der Waals surface area contributed by atoms with E-state index in [1.54, 1.807) is 11.0 Å². The van der Waals surface area contributed by atoms with Crippen LogP contribution in [0.2, 0.25) is 0 Å². The second-order valence-electron chi connectivity index (χ2n) is 5.49. The molecule has 0 saturated carbocycles. The quantitative estimate of drug-likeness (QED) is 0.739. The van der Waals surface area contributed by atoms with Crippen LogP contribution in [-0.4, -0.2) is 31.3 Å². The van der Waals surface area contributed by atoms with E-state index in [-0.39, 0.29) is 16.3 Å². The molecule has 7 heteroatoms. The van der Waals surface area contributed by atoms with Gasteiger partial charge in [0.05, 0.1) is 4.90 Å². The molecule has 0 N–H and O–H groups in total. The maximum Gasteiger partial charge on any atom is 0.261 e. The van der Waals surface area contributed by atoms with E-state index >= 15 is 0 Å². The predicted octanol–water partition coefficient (Wildman–Crippen LogP) is 3.39. The number of likely N-dealkylation sites (tertiary alicyclic amines) is 1. The molecule has 0 unspecified atom stereocenters. The summed E-state index contributed by atoms with van der Waals surface area (Å²) in [5.41, 5.74) is 0.118. The van der Waals surface area contributed by atoms with Crippen molar-refractivity contribution in [1.29, 1.82) is 0 Å². The third-order valence-corrected chi connectivity index (χ3v) is 5.34. The van der Waals surface area contributed by atoms with E-state index in [2.05, 4.69) is 15.9 Å². The van der Waals surface area contributed by atoms with Gasteiger partial charge in [-0.25, -0.2) is 8.42 Å². The van der Waals surface area contributed by atoms with Crippen molar-refractivity contribution in [2.24, 2.45) is 0 Å². The Morgan fingerprint density at radius 1 is 1.35 bits per heavy atom. The Kier molecular flexibility index (Phi) is 4.19. The van der Waals surface area contributed by atoms with Crippen molar-refractivity contribution in [2.45, 2.75) is 37.1 Å². The molecule has 0 aromatic heterocycles. The zero-order valence-electron chi connectivity index (χ0n) is 11.2. The Labute approximate surface area is 131 Å². The van der Waals surface area contributed by atoms with Gasteiger partial charge in [-0.2, -0.15) is 0 Å². The average molecular weight is 381 g/mol. The summed E-state index contributed by atoms with van der Waals surface area (Å²) in [7, 11) is 1.49. The molecule has 1 aliphatic heterocycles. The molecule has 1 heterocycles. The molecule has 0 aliphatic carbocycles. The molecular weight excluding hydrogens is 366 g/mol. The van der Waals surface area contributed by atoms with Gasteiger partial charge in [0.25, 0.3) is 15.0 Å². The van der Waals surface area contributed by atoms with Gasteiger partial charge in [-0.3, -0.25) is 4.79 Å². The molecule has 0 bridgehead atoms. The summed E-state index contributed by atoms with van der Waals surface area (Å²) in [5, 5.41) is 0. The zero-order valence-corrected chi connectivity index (χ0v) is 14.3. The fraction of sp³-hybridized carbons (Fsp3) is 0.462. The van der Waals surface area contributed by atoms with Crippen LogP contribution >= 0.6 is 26.6 Å². The van der Waals surface area contributed by atoms with Crippen molar-refractivity contribution in [2.75, 3.05) is 6.54 Å². The van der Waals surface area contributed by atoms with Crippen LogP contribution < -0.4 is 0 Å². The van der Waals surface area contributed by atoms with Crippen molar-refractivity contribution in [3.05, 3.63) is 28.2 Å². The van der Waals surface area contributed by atoms with Crippen LogP contribution in [0.25, 0.3) is 0 Å². The van der Waals surface area contributed by atoms with Gasteiger partial charge in [0, 0.05) is 32.8 Å². The second kappa shape index (κ2) is 5.31. The Hall–Kier alpha value is -0.590. The van der Waals surface area contributed by atoms with E-state index in [1.807, 2.05) is 13.8 Å². The highest BCUT2D eigenvalue weighted by atomic mass is 79.9. The lowest BCUT2D eigenvalue weighted by molar-refractivity contribution is 0.0651. The normalized spacial score (nSPS) is 18.3. The first kappa shape index (κ1) is 15.8. The van der Waals surface area contributed by atoms with Crippen molar-refractivity contribution < 1.29 is 13.2 Å². The van der Waals surface area contributed by atoms with Gasteiger partial charge in [0.1, 0.15) is 0 Å². The Bertz CT molecular complexity index is 658. The molecule has 0 radical (unpaired) electrons. The zero-order chi connectivity index (χ0) is 15.1. The van der Waals surface area contributed by atoms with E-state index in [4.69, 9.17) is 10.7 Å². The fourth-order valence-corrected chi connectivity index (χ4v) is 3.91. The maximum atomic E-state index is 12.6. The SMILES string of the molecule is CC1(C)CCCN1C(=O)c1cc(Br)cc(S(=O)(=O)Cl)c1. The third kappa shape index (κ3) is 3.18. The summed E-state index contributed by atoms with van der Waals surface area (Å²) in [6, 6.07) is 4.32. The number of rotatable bonds is 2. The molecule has 0 spiro atoms. The molecule has 0 atom stereocenters. The Morgan fingerprint density at radius 3 is 2.50 bits per heavy atom. The summed E-state index contributed by atoms with van der Waals surface area (Å²) in [6.07, 6.45) is 1.89. The highest BCUT2D eigenvalue weighted by Gasteiger charge is 2.36. The minimum Gasteiger partial charge on any atom is -0.334 e. The van der Waals surface area contributed by atoms with Gasteiger partial charge in [-0.1, -0.05) is 15.9 Å². The third-order valence-electron chi connectivity index (χ3n) is 3.55. The van der Waals surface area contributed by atoms with E-state index in [1.165, 1.54) is 12.1 Å². The average Bonchev–Trinajstić information content (AvgIpc) is 2.66. The van der Waals surface area contributed by atoms with E-state index in [9.17, 15) is 13.2 Å². The van der Waals surface area contributed by atoms with Gasteiger partial charge < -0.3 is 4.90 Å². The van der Waals surface area contributed by atoms with Crippen molar-refractivity contribution in [3.63, 3.8) is 0 Å². The number of amides is 1. The number of carbonyl (C=O) groups is 1. The van der Waals surface area contributed by atoms with Crippen LogP contribution in [0.4, 0.5) is 0 Å². The molecule has 20 heavy (non-hydrogen) atoms. The first-order valence-corrected chi connectivity index (χ1v) is 9.29. The van der Waals surface area contributed by atoms with Gasteiger partial charge in [-0.15, -0.1) is 0 Å². The minimum atomic E-state index is -3.86. The monoisotopic (exact) mass is 379 g/mol. The van der Waals surface area contributed by atoms with Gasteiger partial charge in [-0.05, 0) is 44.9 Å². The molecule has 1 amide bonds. The van der Waals surface area contributed by atoms with Crippen LogP contribution in [0.5, 0.6) is 0 Å². The summed E-state index contributed by atoms with van der Waals surface area (Å²) < 4.78 is 23.4. The second-order valence-corrected chi connectivity index (χ2v) is 8.97. The largest absolute Gasteiger partial charge is 0.334 e. The number of halogens is 2. The smallest absolute Gasteiger partial charge is 0.261 e. The molecule has 1 saturated heterocycles. The lowest BCUT2D eigenvalue weighted by Crippen LogP contribution is -2.42. The van der Waals surface area contributed by atoms with Gasteiger partial charge in [0.15, 0.2) is 0 Å². The maximum absolute atomic E-state index is 12.6. The lowest BCUT2D eigenvalue weighted by atomic mass is 10.0.